The van der Waals surface area contributed by atoms with Gasteiger partial charge in [0.1, 0.15) is 0 Å². The Labute approximate surface area is 144 Å². The van der Waals surface area contributed by atoms with Gasteiger partial charge in [0.15, 0.2) is 11.6 Å². The molecular formula is C16H16F2N2O4S. The lowest BCUT2D eigenvalue weighted by Gasteiger charge is -2.23. The molecule has 0 fully saturated rings. The molecule has 0 amide bonds. The van der Waals surface area contributed by atoms with Crippen LogP contribution in [0.3, 0.4) is 0 Å². The third-order valence-corrected chi connectivity index (χ3v) is 5.18. The fourth-order valence-corrected chi connectivity index (χ4v) is 3.13. The number of nitrogens with zero attached hydrogens (tertiary/aromatic N) is 2. The van der Waals surface area contributed by atoms with Crippen LogP contribution in [-0.4, -0.2) is 32.2 Å². The van der Waals surface area contributed by atoms with Crippen molar-refractivity contribution in [3.63, 3.8) is 0 Å². The number of anilines is 1. The smallest absolute Gasteiger partial charge is 0.339 e. The third-order valence-electron chi connectivity index (χ3n) is 3.44. The van der Waals surface area contributed by atoms with Crippen molar-refractivity contribution in [2.75, 3.05) is 17.2 Å². The lowest BCUT2D eigenvalue weighted by Crippen LogP contribution is -2.32. The molecule has 2 aromatic rings. The Morgan fingerprint density at radius 3 is 2.44 bits per heavy atom. The van der Waals surface area contributed by atoms with E-state index in [2.05, 4.69) is 9.72 Å². The minimum atomic E-state index is -3.76. The van der Waals surface area contributed by atoms with Crippen LogP contribution in [0, 0.1) is 11.6 Å². The first-order chi connectivity index (χ1) is 11.8. The Bertz CT molecular complexity index is 870. The maximum absolute atomic E-state index is 13.5. The van der Waals surface area contributed by atoms with Crippen LogP contribution < -0.4 is 4.31 Å². The Balaban J connectivity index is 2.37. The number of hydrogen-bond acceptors (Lipinski definition) is 5. The molecule has 9 heteroatoms. The molecule has 0 saturated carbocycles. The molecule has 1 aromatic heterocycles. The summed E-state index contributed by atoms with van der Waals surface area (Å²) in [5, 5.41) is 0. The molecule has 1 aromatic carbocycles. The van der Waals surface area contributed by atoms with Gasteiger partial charge in [-0.05, 0) is 31.2 Å². The molecule has 0 radical (unpaired) electrons. The Kier molecular flexibility index (Phi) is 5.68. The second-order valence-electron chi connectivity index (χ2n) is 5.04. The zero-order valence-electron chi connectivity index (χ0n) is 13.6. The van der Waals surface area contributed by atoms with Crippen LogP contribution in [0.15, 0.2) is 36.5 Å². The Morgan fingerprint density at radius 2 is 1.92 bits per heavy atom. The highest BCUT2D eigenvalue weighted by molar-refractivity contribution is 7.92. The maximum Gasteiger partial charge on any atom is 0.339 e. The van der Waals surface area contributed by atoms with Crippen LogP contribution in [0.25, 0.3) is 0 Å². The summed E-state index contributed by atoms with van der Waals surface area (Å²) in [5.41, 5.74) is 0.526. The number of hydrogen-bond donors (Lipinski definition) is 0. The summed E-state index contributed by atoms with van der Waals surface area (Å²) in [6.45, 7) is 1.25. The first-order valence-corrected chi connectivity index (χ1v) is 8.88. The summed E-state index contributed by atoms with van der Waals surface area (Å²) >= 11 is 0. The summed E-state index contributed by atoms with van der Waals surface area (Å²) in [6, 6.07) is 5.75. The van der Waals surface area contributed by atoms with Gasteiger partial charge in [-0.25, -0.2) is 22.0 Å². The predicted molar refractivity (Wildman–Crippen MR) is 87.6 cm³/mol. The summed E-state index contributed by atoms with van der Waals surface area (Å²) in [5.74, 6) is -3.02. The molecule has 0 aliphatic rings. The molecule has 6 nitrogen and oxygen atoms in total. The predicted octanol–water partition coefficient (Wildman–Crippen LogP) is 2.50. The quantitative estimate of drug-likeness (QED) is 0.730. The van der Waals surface area contributed by atoms with Crippen LogP contribution in [0.5, 0.6) is 0 Å². The highest BCUT2D eigenvalue weighted by Crippen LogP contribution is 2.23. The monoisotopic (exact) mass is 370 g/mol. The summed E-state index contributed by atoms with van der Waals surface area (Å²) in [7, 11) is -2.53. The van der Waals surface area contributed by atoms with E-state index in [0.717, 1.165) is 16.4 Å². The average molecular weight is 370 g/mol. The number of esters is 1. The van der Waals surface area contributed by atoms with Crippen molar-refractivity contribution in [3.8, 4) is 0 Å². The van der Waals surface area contributed by atoms with E-state index in [4.69, 9.17) is 0 Å². The SMILES string of the molecule is CCS(=O)(=O)N(Cc1ccc(C(=O)OC)cn1)c1ccc(F)c(F)c1. The van der Waals surface area contributed by atoms with Gasteiger partial charge >= 0.3 is 5.97 Å². The summed E-state index contributed by atoms with van der Waals surface area (Å²) in [6.07, 6.45) is 1.25. The minimum absolute atomic E-state index is 0.0143. The van der Waals surface area contributed by atoms with Crippen molar-refractivity contribution in [2.24, 2.45) is 0 Å². The average Bonchev–Trinajstić information content (AvgIpc) is 2.61. The topological polar surface area (TPSA) is 76.6 Å². The van der Waals surface area contributed by atoms with E-state index in [1.54, 1.807) is 0 Å². The fraction of sp³-hybridized carbons (Fsp3) is 0.250. The van der Waals surface area contributed by atoms with E-state index in [1.165, 1.54) is 38.4 Å². The molecule has 0 bridgehead atoms. The number of sulfonamides is 1. The molecule has 134 valence electrons. The van der Waals surface area contributed by atoms with E-state index in [0.29, 0.717) is 5.69 Å². The minimum Gasteiger partial charge on any atom is -0.465 e. The molecule has 0 aliphatic carbocycles. The summed E-state index contributed by atoms with van der Waals surface area (Å²) < 4.78 is 56.8. The highest BCUT2D eigenvalue weighted by atomic mass is 32.2. The first kappa shape index (κ1) is 18.8. The van der Waals surface area contributed by atoms with Crippen molar-refractivity contribution in [1.29, 1.82) is 0 Å². The van der Waals surface area contributed by atoms with Gasteiger partial charge in [0.2, 0.25) is 10.0 Å². The van der Waals surface area contributed by atoms with Gasteiger partial charge in [0, 0.05) is 12.3 Å². The van der Waals surface area contributed by atoms with E-state index in [1.807, 2.05) is 0 Å². The number of carbonyl (C=O) groups excluding carboxylic acids is 1. The van der Waals surface area contributed by atoms with E-state index in [9.17, 15) is 22.0 Å². The number of aromatic nitrogens is 1. The van der Waals surface area contributed by atoms with Gasteiger partial charge in [-0.2, -0.15) is 0 Å². The van der Waals surface area contributed by atoms with Crippen LogP contribution >= 0.6 is 0 Å². The third kappa shape index (κ3) is 4.30. The van der Waals surface area contributed by atoms with Gasteiger partial charge in [-0.15, -0.1) is 0 Å². The number of pyridine rings is 1. The lowest BCUT2D eigenvalue weighted by atomic mass is 10.2. The fourth-order valence-electron chi connectivity index (χ4n) is 2.05. The van der Waals surface area contributed by atoms with Crippen molar-refractivity contribution >= 4 is 21.7 Å². The largest absolute Gasteiger partial charge is 0.465 e. The normalized spacial score (nSPS) is 11.2. The second-order valence-corrected chi connectivity index (χ2v) is 7.22. The van der Waals surface area contributed by atoms with Crippen molar-refractivity contribution < 1.29 is 26.7 Å². The molecule has 0 spiro atoms. The number of ether oxygens (including phenoxy) is 1. The first-order valence-electron chi connectivity index (χ1n) is 7.27. The number of halogens is 2. The molecule has 0 saturated heterocycles. The van der Waals surface area contributed by atoms with Crippen molar-refractivity contribution in [3.05, 3.63) is 59.4 Å². The molecule has 0 N–H and O–H groups in total. The summed E-state index contributed by atoms with van der Waals surface area (Å²) in [4.78, 5) is 15.4. The Hall–Kier alpha value is -2.55. The molecule has 1 heterocycles. The lowest BCUT2D eigenvalue weighted by molar-refractivity contribution is 0.0600. The highest BCUT2D eigenvalue weighted by Gasteiger charge is 2.23. The Morgan fingerprint density at radius 1 is 1.20 bits per heavy atom. The van der Waals surface area contributed by atoms with E-state index in [-0.39, 0.29) is 23.5 Å². The maximum atomic E-state index is 13.5. The van der Waals surface area contributed by atoms with E-state index < -0.39 is 27.6 Å². The number of benzene rings is 1. The molecule has 0 aliphatic heterocycles. The van der Waals surface area contributed by atoms with Crippen molar-refractivity contribution in [2.45, 2.75) is 13.5 Å². The molecule has 0 unspecified atom stereocenters. The number of rotatable bonds is 6. The van der Waals surface area contributed by atoms with Gasteiger partial charge < -0.3 is 4.74 Å². The molecule has 25 heavy (non-hydrogen) atoms. The van der Waals surface area contributed by atoms with Crippen LogP contribution in [0.1, 0.15) is 23.0 Å². The molecule has 2 rings (SSSR count). The van der Waals surface area contributed by atoms with Gasteiger partial charge in [-0.3, -0.25) is 9.29 Å². The number of methoxy groups -OCH3 is 1. The van der Waals surface area contributed by atoms with Gasteiger partial charge in [-0.1, -0.05) is 0 Å². The molecular weight excluding hydrogens is 354 g/mol. The zero-order valence-corrected chi connectivity index (χ0v) is 14.4. The van der Waals surface area contributed by atoms with Crippen molar-refractivity contribution in [1.82, 2.24) is 4.98 Å². The van der Waals surface area contributed by atoms with Gasteiger partial charge in [0.05, 0.1) is 36.4 Å². The van der Waals surface area contributed by atoms with Crippen LogP contribution in [-0.2, 0) is 21.3 Å². The van der Waals surface area contributed by atoms with E-state index >= 15 is 0 Å². The zero-order chi connectivity index (χ0) is 18.6. The van der Waals surface area contributed by atoms with Crippen LogP contribution in [0.2, 0.25) is 0 Å². The van der Waals surface area contributed by atoms with Gasteiger partial charge in [0.25, 0.3) is 0 Å². The standard InChI is InChI=1S/C16H16F2N2O4S/c1-3-25(22,23)20(13-6-7-14(17)15(18)8-13)10-12-5-4-11(9-19-12)16(21)24-2/h4-9H,3,10H2,1-2H3. The molecule has 0 atom stereocenters. The second kappa shape index (κ2) is 7.56. The van der Waals surface area contributed by atoms with Crippen LogP contribution in [0.4, 0.5) is 14.5 Å². The number of carbonyl (C=O) groups is 1.